The topological polar surface area (TPSA) is 58.6 Å². The molecular formula is C12H26N2O3S. The van der Waals surface area contributed by atoms with E-state index >= 15 is 0 Å². The summed E-state index contributed by atoms with van der Waals surface area (Å²) in [6.45, 7) is 7.06. The van der Waals surface area contributed by atoms with Crippen LogP contribution in [0.5, 0.6) is 0 Å². The molecule has 0 bridgehead atoms. The lowest BCUT2D eigenvalue weighted by Gasteiger charge is -2.32. The van der Waals surface area contributed by atoms with Gasteiger partial charge in [0.1, 0.15) is 0 Å². The Bertz CT molecular complexity index is 319. The van der Waals surface area contributed by atoms with E-state index in [-0.39, 0.29) is 5.75 Å². The predicted octanol–water partition coefficient (Wildman–Crippen LogP) is 0.817. The van der Waals surface area contributed by atoms with Gasteiger partial charge in [0.2, 0.25) is 10.0 Å². The molecule has 1 rings (SSSR count). The van der Waals surface area contributed by atoms with Gasteiger partial charge >= 0.3 is 0 Å². The minimum absolute atomic E-state index is 0.0985. The van der Waals surface area contributed by atoms with Crippen LogP contribution in [-0.2, 0) is 14.8 Å². The highest BCUT2D eigenvalue weighted by molar-refractivity contribution is 7.89. The third-order valence-corrected chi connectivity index (χ3v) is 4.95. The molecule has 18 heavy (non-hydrogen) atoms. The molecule has 6 heteroatoms. The van der Waals surface area contributed by atoms with Crippen LogP contribution in [0.1, 0.15) is 33.1 Å². The fourth-order valence-electron chi connectivity index (χ4n) is 2.15. The number of piperidine rings is 1. The number of nitrogens with zero attached hydrogens (tertiary/aromatic N) is 1. The van der Waals surface area contributed by atoms with Gasteiger partial charge in [-0.25, -0.2) is 12.7 Å². The van der Waals surface area contributed by atoms with E-state index in [1.165, 1.54) is 0 Å². The van der Waals surface area contributed by atoms with E-state index in [2.05, 4.69) is 12.2 Å². The Labute approximate surface area is 111 Å². The second kappa shape index (κ2) is 8.09. The molecule has 1 aliphatic heterocycles. The molecule has 1 saturated heterocycles. The third-order valence-electron chi connectivity index (χ3n) is 3.15. The maximum atomic E-state index is 12.1. The second-order valence-corrected chi connectivity index (χ2v) is 6.75. The Kier molecular flexibility index (Phi) is 7.14. The standard InChI is InChI=1S/C12H26N2O3S/c1-3-7-13-12-6-5-8-14(11-12)18(15,16)10-9-17-4-2/h12-13H,3-11H2,1-2H3. The molecular weight excluding hydrogens is 252 g/mol. The highest BCUT2D eigenvalue weighted by Gasteiger charge is 2.28. The van der Waals surface area contributed by atoms with Crippen molar-refractivity contribution < 1.29 is 13.2 Å². The maximum Gasteiger partial charge on any atom is 0.216 e. The lowest BCUT2D eigenvalue weighted by molar-refractivity contribution is 0.162. The first kappa shape index (κ1) is 15.9. The van der Waals surface area contributed by atoms with Crippen molar-refractivity contribution in [2.45, 2.75) is 39.2 Å². The first-order chi connectivity index (χ1) is 8.60. The highest BCUT2D eigenvalue weighted by atomic mass is 32.2. The normalized spacial score (nSPS) is 22.2. The van der Waals surface area contributed by atoms with Gasteiger partial charge < -0.3 is 10.1 Å². The molecule has 1 aliphatic rings. The zero-order valence-corrected chi connectivity index (χ0v) is 12.3. The summed E-state index contributed by atoms with van der Waals surface area (Å²) in [6.07, 6.45) is 3.08. The Balaban J connectivity index is 2.43. The van der Waals surface area contributed by atoms with Crippen molar-refractivity contribution in [1.29, 1.82) is 0 Å². The largest absolute Gasteiger partial charge is 0.381 e. The minimum atomic E-state index is -3.15. The average molecular weight is 278 g/mol. The SMILES string of the molecule is CCCNC1CCCN(S(=O)(=O)CCOCC)C1. The summed E-state index contributed by atoms with van der Waals surface area (Å²) in [6, 6.07) is 0.306. The maximum absolute atomic E-state index is 12.1. The van der Waals surface area contributed by atoms with Crippen molar-refractivity contribution in [3.8, 4) is 0 Å². The van der Waals surface area contributed by atoms with Gasteiger partial charge in [-0.2, -0.15) is 0 Å². The summed E-state index contributed by atoms with van der Waals surface area (Å²) in [7, 11) is -3.15. The molecule has 0 amide bonds. The molecule has 5 nitrogen and oxygen atoms in total. The number of nitrogens with one attached hydrogen (secondary N) is 1. The molecule has 108 valence electrons. The van der Waals surface area contributed by atoms with Crippen LogP contribution in [0.15, 0.2) is 0 Å². The monoisotopic (exact) mass is 278 g/mol. The van der Waals surface area contributed by atoms with Gasteiger partial charge in [-0.05, 0) is 32.7 Å². The minimum Gasteiger partial charge on any atom is -0.381 e. The van der Waals surface area contributed by atoms with Crippen LogP contribution in [0.3, 0.4) is 0 Å². The average Bonchev–Trinajstić information content (AvgIpc) is 2.37. The number of ether oxygens (including phenoxy) is 1. The van der Waals surface area contributed by atoms with Crippen molar-refractivity contribution in [1.82, 2.24) is 9.62 Å². The molecule has 0 aromatic heterocycles. The van der Waals surface area contributed by atoms with E-state index < -0.39 is 10.0 Å². The number of hydrogen-bond donors (Lipinski definition) is 1. The van der Waals surface area contributed by atoms with E-state index in [9.17, 15) is 8.42 Å². The number of rotatable bonds is 8. The third kappa shape index (κ3) is 5.22. The molecule has 0 aromatic rings. The predicted molar refractivity (Wildman–Crippen MR) is 73.2 cm³/mol. The Morgan fingerprint density at radius 2 is 2.17 bits per heavy atom. The van der Waals surface area contributed by atoms with Gasteiger partial charge in [-0.3, -0.25) is 0 Å². The van der Waals surface area contributed by atoms with Crippen LogP contribution in [-0.4, -0.2) is 57.4 Å². The summed E-state index contributed by atoms with van der Waals surface area (Å²) < 4.78 is 30.9. The van der Waals surface area contributed by atoms with E-state index in [0.29, 0.717) is 32.3 Å². The van der Waals surface area contributed by atoms with Gasteiger partial charge in [0.25, 0.3) is 0 Å². The molecule has 1 atom stereocenters. The van der Waals surface area contributed by atoms with Gasteiger partial charge in [0.15, 0.2) is 0 Å². The van der Waals surface area contributed by atoms with Gasteiger partial charge in [-0.1, -0.05) is 6.92 Å². The Morgan fingerprint density at radius 1 is 1.39 bits per heavy atom. The molecule has 1 unspecified atom stereocenters. The quantitative estimate of drug-likeness (QED) is 0.668. The summed E-state index contributed by atoms with van der Waals surface area (Å²) in [5, 5.41) is 3.40. The molecule has 1 heterocycles. The first-order valence-electron chi connectivity index (χ1n) is 6.89. The Morgan fingerprint density at radius 3 is 2.83 bits per heavy atom. The van der Waals surface area contributed by atoms with Crippen LogP contribution >= 0.6 is 0 Å². The lowest BCUT2D eigenvalue weighted by Crippen LogP contribution is -2.49. The fourth-order valence-corrected chi connectivity index (χ4v) is 3.55. The van der Waals surface area contributed by atoms with Crippen LogP contribution in [0.4, 0.5) is 0 Å². The fraction of sp³-hybridized carbons (Fsp3) is 1.00. The molecule has 0 aromatic carbocycles. The smallest absolute Gasteiger partial charge is 0.216 e. The van der Waals surface area contributed by atoms with E-state index in [0.717, 1.165) is 25.8 Å². The van der Waals surface area contributed by atoms with E-state index in [1.807, 2.05) is 6.92 Å². The van der Waals surface area contributed by atoms with Crippen LogP contribution < -0.4 is 5.32 Å². The summed E-state index contributed by atoms with van der Waals surface area (Å²) in [5.41, 5.74) is 0. The molecule has 0 saturated carbocycles. The number of hydrogen-bond acceptors (Lipinski definition) is 4. The molecule has 0 spiro atoms. The van der Waals surface area contributed by atoms with Crippen LogP contribution in [0.2, 0.25) is 0 Å². The summed E-state index contributed by atoms with van der Waals surface area (Å²) in [5.74, 6) is 0.0985. The lowest BCUT2D eigenvalue weighted by atomic mass is 10.1. The zero-order chi connectivity index (χ0) is 13.4. The molecule has 1 fully saturated rings. The van der Waals surface area contributed by atoms with Crippen molar-refractivity contribution >= 4 is 10.0 Å². The van der Waals surface area contributed by atoms with Gasteiger partial charge in [0.05, 0.1) is 12.4 Å². The van der Waals surface area contributed by atoms with Crippen molar-refractivity contribution in [2.24, 2.45) is 0 Å². The van der Waals surface area contributed by atoms with E-state index in [4.69, 9.17) is 4.74 Å². The van der Waals surface area contributed by atoms with Crippen LogP contribution in [0.25, 0.3) is 0 Å². The van der Waals surface area contributed by atoms with Gasteiger partial charge in [0, 0.05) is 25.7 Å². The van der Waals surface area contributed by atoms with Crippen molar-refractivity contribution in [3.63, 3.8) is 0 Å². The number of sulfonamides is 1. The van der Waals surface area contributed by atoms with Gasteiger partial charge in [-0.15, -0.1) is 0 Å². The summed E-state index contributed by atoms with van der Waals surface area (Å²) >= 11 is 0. The first-order valence-corrected chi connectivity index (χ1v) is 8.50. The molecule has 0 aliphatic carbocycles. The highest BCUT2D eigenvalue weighted by Crippen LogP contribution is 2.14. The second-order valence-electron chi connectivity index (χ2n) is 4.66. The molecule has 1 N–H and O–H groups in total. The van der Waals surface area contributed by atoms with E-state index in [1.54, 1.807) is 4.31 Å². The molecule has 0 radical (unpaired) electrons. The van der Waals surface area contributed by atoms with Crippen LogP contribution in [0, 0.1) is 0 Å². The van der Waals surface area contributed by atoms with Crippen molar-refractivity contribution in [2.75, 3.05) is 38.6 Å². The van der Waals surface area contributed by atoms with Crippen molar-refractivity contribution in [3.05, 3.63) is 0 Å². The zero-order valence-electron chi connectivity index (χ0n) is 11.5. The summed E-state index contributed by atoms with van der Waals surface area (Å²) in [4.78, 5) is 0. The Hall–Kier alpha value is -0.170.